The summed E-state index contributed by atoms with van der Waals surface area (Å²) in [6, 6.07) is 6.19. The van der Waals surface area contributed by atoms with Gasteiger partial charge in [0.15, 0.2) is 11.6 Å². The van der Waals surface area contributed by atoms with E-state index in [9.17, 15) is 18.4 Å². The van der Waals surface area contributed by atoms with Gasteiger partial charge in [0.25, 0.3) is 0 Å². The maximum atomic E-state index is 13.1. The molecule has 0 atom stereocenters. The Morgan fingerprint density at radius 2 is 1.71 bits per heavy atom. The van der Waals surface area contributed by atoms with Crippen molar-refractivity contribution in [2.75, 3.05) is 0 Å². The number of pyridine rings is 1. The number of hydrogen-bond donors (Lipinski definition) is 0. The molecule has 3 rings (SSSR count). The minimum absolute atomic E-state index is 0.0656. The third-order valence-corrected chi connectivity index (χ3v) is 3.25. The van der Waals surface area contributed by atoms with E-state index in [-0.39, 0.29) is 28.9 Å². The summed E-state index contributed by atoms with van der Waals surface area (Å²) >= 11 is 0. The van der Waals surface area contributed by atoms with Crippen LogP contribution in [-0.4, -0.2) is 16.6 Å². The number of carbonyl (C=O) groups excluding carboxylic acids is 2. The Kier molecular flexibility index (Phi) is 3.17. The molecule has 1 aromatic heterocycles. The molecule has 0 N–H and O–H groups in total. The van der Waals surface area contributed by atoms with E-state index in [1.807, 2.05) is 0 Å². The molecule has 0 aliphatic heterocycles. The number of allylic oxidation sites excluding steroid dienone is 2. The Labute approximate surface area is 118 Å². The molecular weight excluding hydrogens is 276 g/mol. The van der Waals surface area contributed by atoms with Crippen LogP contribution in [0.5, 0.6) is 0 Å². The van der Waals surface area contributed by atoms with Gasteiger partial charge in [0, 0.05) is 28.8 Å². The second-order valence-electron chi connectivity index (χ2n) is 4.70. The van der Waals surface area contributed by atoms with Crippen molar-refractivity contribution in [3.63, 3.8) is 0 Å². The average Bonchev–Trinajstić information content (AvgIpc) is 2.47. The van der Waals surface area contributed by atoms with Crippen LogP contribution in [0, 0.1) is 11.6 Å². The lowest BCUT2D eigenvalue weighted by molar-refractivity contribution is 0.0982. The average molecular weight is 285 g/mol. The van der Waals surface area contributed by atoms with Gasteiger partial charge in [-0.1, -0.05) is 0 Å². The second kappa shape index (κ2) is 5.01. The van der Waals surface area contributed by atoms with Crippen molar-refractivity contribution in [1.29, 1.82) is 0 Å². The summed E-state index contributed by atoms with van der Waals surface area (Å²) in [6.45, 7) is 0. The highest BCUT2D eigenvalue weighted by Crippen LogP contribution is 2.24. The first-order valence-corrected chi connectivity index (χ1v) is 6.24. The van der Waals surface area contributed by atoms with Crippen molar-refractivity contribution in [2.24, 2.45) is 0 Å². The number of Topliss-reactive ketones (excluding diaryl/α,β-unsaturated/α-hetero) is 1. The fraction of sp³-hybridized carbons (Fsp3) is 0.0625. The van der Waals surface area contributed by atoms with Gasteiger partial charge in [0.2, 0.25) is 0 Å². The topological polar surface area (TPSA) is 47.0 Å². The number of fused-ring (bicyclic) bond motifs is 1. The Balaban J connectivity index is 1.95. The number of nitrogens with zero attached hydrogens (tertiary/aromatic N) is 1. The molecule has 1 aromatic carbocycles. The van der Waals surface area contributed by atoms with Crippen LogP contribution in [0.3, 0.4) is 0 Å². The number of ketones is 2. The van der Waals surface area contributed by atoms with Gasteiger partial charge in [-0.2, -0.15) is 0 Å². The first-order chi connectivity index (χ1) is 10.0. The highest BCUT2D eigenvalue weighted by molar-refractivity contribution is 6.24. The third kappa shape index (κ3) is 2.50. The van der Waals surface area contributed by atoms with Crippen molar-refractivity contribution in [3.8, 4) is 0 Å². The van der Waals surface area contributed by atoms with Crippen LogP contribution >= 0.6 is 0 Å². The highest BCUT2D eigenvalue weighted by Gasteiger charge is 2.26. The molecule has 5 heteroatoms. The summed E-state index contributed by atoms with van der Waals surface area (Å²) in [5.74, 6) is -1.79. The van der Waals surface area contributed by atoms with Crippen molar-refractivity contribution >= 4 is 11.6 Å². The summed E-state index contributed by atoms with van der Waals surface area (Å²) in [7, 11) is 0. The van der Waals surface area contributed by atoms with Gasteiger partial charge in [-0.3, -0.25) is 14.6 Å². The third-order valence-electron chi connectivity index (χ3n) is 3.25. The Hall–Kier alpha value is -2.69. The lowest BCUT2D eigenvalue weighted by Gasteiger charge is -2.14. The number of hydrogen-bond acceptors (Lipinski definition) is 3. The molecule has 0 bridgehead atoms. The lowest BCUT2D eigenvalue weighted by atomic mass is 9.87. The zero-order valence-corrected chi connectivity index (χ0v) is 10.8. The van der Waals surface area contributed by atoms with Gasteiger partial charge < -0.3 is 0 Å². The van der Waals surface area contributed by atoms with Crippen LogP contribution in [0.2, 0.25) is 0 Å². The zero-order valence-electron chi connectivity index (χ0n) is 10.8. The molecule has 0 saturated carbocycles. The number of benzene rings is 1. The predicted molar refractivity (Wildman–Crippen MR) is 71.0 cm³/mol. The van der Waals surface area contributed by atoms with E-state index in [4.69, 9.17) is 0 Å². The summed E-state index contributed by atoms with van der Waals surface area (Å²) in [5.41, 5.74) is 0.990. The van der Waals surface area contributed by atoms with Crippen LogP contribution < -0.4 is 0 Å². The molecule has 21 heavy (non-hydrogen) atoms. The van der Waals surface area contributed by atoms with Crippen molar-refractivity contribution in [2.45, 2.75) is 6.42 Å². The van der Waals surface area contributed by atoms with Crippen LogP contribution in [0.4, 0.5) is 8.78 Å². The molecule has 0 saturated heterocycles. The molecule has 0 amide bonds. The standard InChI is InChI=1S/C16H9F2NO2/c17-10-2-4-13-14(7-10)15(20)6-9(16(13)21)5-12-3-1-11(18)8-19-12/h1-4,6-8H,5H2. The van der Waals surface area contributed by atoms with Gasteiger partial charge in [-0.05, 0) is 36.4 Å². The molecule has 0 fully saturated rings. The molecule has 3 nitrogen and oxygen atoms in total. The van der Waals surface area contributed by atoms with Crippen LogP contribution in [0.1, 0.15) is 26.4 Å². The number of aromatic nitrogens is 1. The first-order valence-electron chi connectivity index (χ1n) is 6.24. The maximum absolute atomic E-state index is 13.1. The SMILES string of the molecule is O=C1C=C(Cc2ccc(F)cn2)C(=O)c2ccc(F)cc21. The van der Waals surface area contributed by atoms with Crippen molar-refractivity contribution in [1.82, 2.24) is 4.98 Å². The van der Waals surface area contributed by atoms with Gasteiger partial charge >= 0.3 is 0 Å². The van der Waals surface area contributed by atoms with E-state index < -0.39 is 17.4 Å². The Bertz CT molecular complexity index is 779. The van der Waals surface area contributed by atoms with E-state index in [0.717, 1.165) is 18.3 Å². The van der Waals surface area contributed by atoms with Gasteiger partial charge in [-0.25, -0.2) is 8.78 Å². The largest absolute Gasteiger partial charge is 0.289 e. The predicted octanol–water partition coefficient (Wildman–Crippen LogP) is 2.91. The monoisotopic (exact) mass is 285 g/mol. The second-order valence-corrected chi connectivity index (χ2v) is 4.70. The number of rotatable bonds is 2. The van der Waals surface area contributed by atoms with Crippen LogP contribution in [0.15, 0.2) is 48.2 Å². The van der Waals surface area contributed by atoms with E-state index in [1.165, 1.54) is 24.3 Å². The minimum Gasteiger partial charge on any atom is -0.289 e. The van der Waals surface area contributed by atoms with Crippen molar-refractivity contribution < 1.29 is 18.4 Å². The maximum Gasteiger partial charge on any atom is 0.190 e. The molecular formula is C16H9F2NO2. The van der Waals surface area contributed by atoms with E-state index in [0.29, 0.717) is 5.69 Å². The smallest absolute Gasteiger partial charge is 0.190 e. The van der Waals surface area contributed by atoms with Gasteiger partial charge in [0.1, 0.15) is 11.6 Å². The molecule has 1 aliphatic carbocycles. The van der Waals surface area contributed by atoms with Crippen LogP contribution in [-0.2, 0) is 6.42 Å². The fourth-order valence-corrected chi connectivity index (χ4v) is 2.23. The first kappa shape index (κ1) is 13.3. The number of carbonyl (C=O) groups is 2. The highest BCUT2D eigenvalue weighted by atomic mass is 19.1. The van der Waals surface area contributed by atoms with E-state index in [1.54, 1.807) is 0 Å². The molecule has 0 radical (unpaired) electrons. The van der Waals surface area contributed by atoms with Gasteiger partial charge in [0.05, 0.1) is 6.20 Å². The van der Waals surface area contributed by atoms with E-state index in [2.05, 4.69) is 4.98 Å². The van der Waals surface area contributed by atoms with Crippen molar-refractivity contribution in [3.05, 3.63) is 76.6 Å². The molecule has 0 unspecified atom stereocenters. The molecule has 1 heterocycles. The zero-order chi connectivity index (χ0) is 15.0. The molecule has 2 aromatic rings. The fourth-order valence-electron chi connectivity index (χ4n) is 2.23. The number of halogens is 2. The quantitative estimate of drug-likeness (QED) is 0.852. The van der Waals surface area contributed by atoms with Gasteiger partial charge in [-0.15, -0.1) is 0 Å². The normalized spacial score (nSPS) is 13.9. The molecule has 104 valence electrons. The lowest BCUT2D eigenvalue weighted by Crippen LogP contribution is -2.18. The van der Waals surface area contributed by atoms with E-state index >= 15 is 0 Å². The van der Waals surface area contributed by atoms with Crippen LogP contribution in [0.25, 0.3) is 0 Å². The Morgan fingerprint density at radius 1 is 0.952 bits per heavy atom. The minimum atomic E-state index is -0.563. The summed E-state index contributed by atoms with van der Waals surface area (Å²) in [4.78, 5) is 28.1. The Morgan fingerprint density at radius 3 is 2.43 bits per heavy atom. The summed E-state index contributed by atoms with van der Waals surface area (Å²) in [6.07, 6.45) is 2.37. The molecule has 1 aliphatic rings. The molecule has 0 spiro atoms. The summed E-state index contributed by atoms with van der Waals surface area (Å²) < 4.78 is 26.0. The summed E-state index contributed by atoms with van der Waals surface area (Å²) in [5, 5.41) is 0.